The summed E-state index contributed by atoms with van der Waals surface area (Å²) in [4.78, 5) is 0. The van der Waals surface area contributed by atoms with Crippen LogP contribution in [-0.2, 0) is 8.23 Å². The quantitative estimate of drug-likeness (QED) is 0.591. The second kappa shape index (κ2) is 5.91. The molecule has 0 aromatic rings. The van der Waals surface area contributed by atoms with Crippen molar-refractivity contribution in [3.05, 3.63) is 0 Å². The van der Waals surface area contributed by atoms with Crippen molar-refractivity contribution in [1.82, 2.24) is 0 Å². The summed E-state index contributed by atoms with van der Waals surface area (Å²) in [6.45, 7) is 22.8. The van der Waals surface area contributed by atoms with Crippen molar-refractivity contribution < 1.29 is 8.23 Å². The second-order valence-corrected chi connectivity index (χ2v) is 21.3. The number of rotatable bonds is 7. The summed E-state index contributed by atoms with van der Waals surface area (Å²) in [5.41, 5.74) is 0. The maximum Gasteiger partial charge on any atom is 0.320 e. The van der Waals surface area contributed by atoms with Crippen LogP contribution in [0.1, 0.15) is 33.6 Å². The van der Waals surface area contributed by atoms with E-state index in [1.165, 1.54) is 12.8 Å². The van der Waals surface area contributed by atoms with Gasteiger partial charge < -0.3 is 8.23 Å². The molecule has 0 aromatic heterocycles. The van der Waals surface area contributed by atoms with Crippen LogP contribution in [-0.4, -0.2) is 25.2 Å². The molecule has 0 amide bonds. The molecule has 0 aliphatic carbocycles. The highest BCUT2D eigenvalue weighted by molar-refractivity contribution is 6.88. The van der Waals surface area contributed by atoms with Gasteiger partial charge in [0.25, 0.3) is 0 Å². The molecule has 110 valence electrons. The number of hydrogen-bond acceptors (Lipinski definition) is 2. The molecular formula is C13H34O2Si3. The molecule has 0 saturated carbocycles. The van der Waals surface area contributed by atoms with Crippen LogP contribution in [0, 0.1) is 0 Å². The first kappa shape index (κ1) is 18.6. The van der Waals surface area contributed by atoms with Gasteiger partial charge in [-0.1, -0.05) is 27.2 Å². The van der Waals surface area contributed by atoms with E-state index in [2.05, 4.69) is 66.6 Å². The van der Waals surface area contributed by atoms with Gasteiger partial charge in [0.1, 0.15) is 0 Å². The molecular weight excluding hydrogens is 272 g/mol. The molecule has 0 heterocycles. The summed E-state index contributed by atoms with van der Waals surface area (Å²) in [7, 11) is -5.29. The van der Waals surface area contributed by atoms with Crippen molar-refractivity contribution in [3.8, 4) is 0 Å². The van der Waals surface area contributed by atoms with Gasteiger partial charge in [0.2, 0.25) is 0 Å². The Hall–Kier alpha value is 0.571. The minimum atomic E-state index is -2.15. The Labute approximate surface area is 118 Å². The Morgan fingerprint density at radius 1 is 0.778 bits per heavy atom. The van der Waals surface area contributed by atoms with Crippen LogP contribution in [0.25, 0.3) is 0 Å². The summed E-state index contributed by atoms with van der Waals surface area (Å²) in [6, 6.07) is 0. The van der Waals surface area contributed by atoms with Crippen LogP contribution in [0.3, 0.4) is 0 Å². The Balaban J connectivity index is 5.27. The molecule has 5 heteroatoms. The predicted octanol–water partition coefficient (Wildman–Crippen LogP) is 5.34. The Bertz CT molecular complexity index is 248. The fourth-order valence-corrected chi connectivity index (χ4v) is 15.1. The van der Waals surface area contributed by atoms with Crippen LogP contribution in [0.4, 0.5) is 0 Å². The van der Waals surface area contributed by atoms with E-state index < -0.39 is 25.2 Å². The molecule has 0 N–H and O–H groups in total. The molecule has 0 fully saturated rings. The molecule has 0 rings (SSSR count). The van der Waals surface area contributed by atoms with E-state index in [0.29, 0.717) is 0 Å². The lowest BCUT2D eigenvalue weighted by Crippen LogP contribution is -2.58. The molecule has 0 atom stereocenters. The Kier molecular flexibility index (Phi) is 6.10. The zero-order valence-corrected chi connectivity index (χ0v) is 17.2. The first-order valence-electron chi connectivity index (χ1n) is 7.13. The topological polar surface area (TPSA) is 18.5 Å². The third kappa shape index (κ3) is 6.14. The van der Waals surface area contributed by atoms with Crippen LogP contribution in [0.2, 0.25) is 50.9 Å². The lowest BCUT2D eigenvalue weighted by atomic mass is 10.1. The van der Waals surface area contributed by atoms with Gasteiger partial charge in [0, 0.05) is 5.04 Å². The lowest BCUT2D eigenvalue weighted by Gasteiger charge is -2.47. The van der Waals surface area contributed by atoms with Crippen LogP contribution >= 0.6 is 0 Å². The van der Waals surface area contributed by atoms with Crippen LogP contribution in [0.15, 0.2) is 0 Å². The summed E-state index contributed by atoms with van der Waals surface area (Å²) < 4.78 is 13.2. The smallest absolute Gasteiger partial charge is 0.320 e. The zero-order chi connectivity index (χ0) is 14.8. The second-order valence-electron chi connectivity index (χ2n) is 8.01. The van der Waals surface area contributed by atoms with Crippen molar-refractivity contribution in [1.29, 1.82) is 0 Å². The summed E-state index contributed by atoms with van der Waals surface area (Å²) in [5, 5.41) is 0.183. The first-order valence-corrected chi connectivity index (χ1v) is 16.3. The van der Waals surface area contributed by atoms with Gasteiger partial charge >= 0.3 is 8.56 Å². The van der Waals surface area contributed by atoms with E-state index in [4.69, 9.17) is 8.23 Å². The summed E-state index contributed by atoms with van der Waals surface area (Å²) in [5.74, 6) is 0. The fourth-order valence-electron chi connectivity index (χ4n) is 2.32. The first-order chi connectivity index (χ1) is 7.72. The highest BCUT2D eigenvalue weighted by atomic mass is 28.5. The molecule has 0 aliphatic heterocycles. The summed E-state index contributed by atoms with van der Waals surface area (Å²) in [6.07, 6.45) is 2.38. The number of hydrogen-bond donors (Lipinski definition) is 0. The average molecular weight is 307 g/mol. The molecule has 0 aromatic carbocycles. The van der Waals surface area contributed by atoms with E-state index >= 15 is 0 Å². The largest absolute Gasteiger partial charge is 0.436 e. The molecule has 0 bridgehead atoms. The standard InChI is InChI=1S/C13H34O2Si3/c1-11-12-13(2,3)18(10,14-16(4,5)6)15-17(7,8)9/h11-12H2,1-10H3. The zero-order valence-electron chi connectivity index (χ0n) is 14.2. The van der Waals surface area contributed by atoms with Crippen molar-refractivity contribution in [2.75, 3.05) is 0 Å². The van der Waals surface area contributed by atoms with Gasteiger partial charge in [-0.25, -0.2) is 0 Å². The predicted molar refractivity (Wildman–Crippen MR) is 89.4 cm³/mol. The average Bonchev–Trinajstić information content (AvgIpc) is 1.94. The normalized spacial score (nSPS) is 15.0. The molecule has 0 spiro atoms. The van der Waals surface area contributed by atoms with Crippen LogP contribution < -0.4 is 0 Å². The SMILES string of the molecule is CCCC(C)(C)[Si](C)(O[Si](C)(C)C)O[Si](C)(C)C. The van der Waals surface area contributed by atoms with Crippen molar-refractivity contribution in [2.45, 2.75) is 84.5 Å². The van der Waals surface area contributed by atoms with Crippen LogP contribution in [0.5, 0.6) is 0 Å². The Morgan fingerprint density at radius 2 is 1.11 bits per heavy atom. The summed E-state index contributed by atoms with van der Waals surface area (Å²) >= 11 is 0. The third-order valence-corrected chi connectivity index (χ3v) is 13.8. The minimum absolute atomic E-state index is 0.183. The monoisotopic (exact) mass is 306 g/mol. The van der Waals surface area contributed by atoms with E-state index in [-0.39, 0.29) is 5.04 Å². The highest BCUT2D eigenvalue weighted by Gasteiger charge is 2.51. The van der Waals surface area contributed by atoms with Gasteiger partial charge in [-0.15, -0.1) is 0 Å². The molecule has 18 heavy (non-hydrogen) atoms. The maximum atomic E-state index is 6.61. The van der Waals surface area contributed by atoms with Gasteiger partial charge in [0.15, 0.2) is 16.6 Å². The van der Waals surface area contributed by atoms with E-state index in [1.807, 2.05) is 0 Å². The van der Waals surface area contributed by atoms with E-state index in [9.17, 15) is 0 Å². The van der Waals surface area contributed by atoms with Crippen molar-refractivity contribution in [3.63, 3.8) is 0 Å². The lowest BCUT2D eigenvalue weighted by molar-refractivity contribution is 0.322. The highest BCUT2D eigenvalue weighted by Crippen LogP contribution is 2.45. The third-order valence-electron chi connectivity index (χ3n) is 3.11. The van der Waals surface area contributed by atoms with Gasteiger partial charge in [0.05, 0.1) is 0 Å². The molecule has 0 saturated heterocycles. The van der Waals surface area contributed by atoms with Gasteiger partial charge in [-0.3, -0.25) is 0 Å². The molecule has 2 nitrogen and oxygen atoms in total. The molecule has 0 aliphatic rings. The molecule has 0 unspecified atom stereocenters. The van der Waals surface area contributed by atoms with Gasteiger partial charge in [-0.05, 0) is 52.2 Å². The van der Waals surface area contributed by atoms with Crippen molar-refractivity contribution >= 4 is 25.2 Å². The van der Waals surface area contributed by atoms with E-state index in [1.54, 1.807) is 0 Å². The minimum Gasteiger partial charge on any atom is -0.436 e. The van der Waals surface area contributed by atoms with Crippen molar-refractivity contribution in [2.24, 2.45) is 0 Å². The maximum absolute atomic E-state index is 6.61. The van der Waals surface area contributed by atoms with Gasteiger partial charge in [-0.2, -0.15) is 0 Å². The molecule has 0 radical (unpaired) electrons. The fraction of sp³-hybridized carbons (Fsp3) is 1.00. The van der Waals surface area contributed by atoms with E-state index in [0.717, 1.165) is 0 Å². The Morgan fingerprint density at radius 3 is 1.33 bits per heavy atom.